The fraction of sp³-hybridized carbons (Fsp3) is 0.829. The van der Waals surface area contributed by atoms with Gasteiger partial charge in [-0.15, -0.1) is 0 Å². The Bertz CT molecular complexity index is 809. The summed E-state index contributed by atoms with van der Waals surface area (Å²) in [6.45, 7) is 9.04. The minimum Gasteiger partial charge on any atom is -0.462 e. The molecule has 0 unspecified atom stereocenters. The molecule has 280 valence electrons. The Balaban J connectivity index is 4.27. The largest absolute Gasteiger partial charge is 0.462 e. The average Bonchev–Trinajstić information content (AvgIpc) is 3.03. The van der Waals surface area contributed by atoms with Crippen molar-refractivity contribution in [2.24, 2.45) is 0 Å². The lowest BCUT2D eigenvalue weighted by Crippen LogP contribution is -2.20. The number of nitrogens with zero attached hydrogens (tertiary/aromatic N) is 1. The summed E-state index contributed by atoms with van der Waals surface area (Å²) in [5.74, 6) is 1.11. The van der Waals surface area contributed by atoms with Crippen molar-refractivity contribution in [2.45, 2.75) is 201 Å². The van der Waals surface area contributed by atoms with Crippen LogP contribution in [0.15, 0.2) is 23.7 Å². The van der Waals surface area contributed by atoms with E-state index < -0.39 is 0 Å². The van der Waals surface area contributed by atoms with Crippen LogP contribution in [0, 0.1) is 0 Å². The Morgan fingerprint density at radius 1 is 0.521 bits per heavy atom. The smallest absolute Gasteiger partial charge is 0.310 e. The second-order valence-corrected chi connectivity index (χ2v) is 13.9. The maximum atomic E-state index is 12.5. The lowest BCUT2D eigenvalue weighted by molar-refractivity contribution is -0.150. The van der Waals surface area contributed by atoms with Gasteiger partial charge in [-0.2, -0.15) is 0 Å². The number of allylic oxidation sites excluding steroid dienone is 4. The molecule has 0 aliphatic carbocycles. The molecule has 7 heteroatoms. The third kappa shape index (κ3) is 32.4. The van der Waals surface area contributed by atoms with Crippen LogP contribution in [-0.4, -0.2) is 49.6 Å². The van der Waals surface area contributed by atoms with Crippen LogP contribution in [0.5, 0.6) is 0 Å². The average molecular weight is 678 g/mol. The van der Waals surface area contributed by atoms with Crippen LogP contribution in [0.25, 0.3) is 0 Å². The SMILES string of the molecule is CCCCCC/C=C(/C)OC(=O)CCCCCCCC(CCCCCCCC(=O)O/C(C)=C\CCCCCC)OC(=O)CCCN(C)C. The maximum absolute atomic E-state index is 12.5. The summed E-state index contributed by atoms with van der Waals surface area (Å²) < 4.78 is 16.8. The van der Waals surface area contributed by atoms with Gasteiger partial charge >= 0.3 is 17.9 Å². The first-order valence-electron chi connectivity index (χ1n) is 19.8. The molecule has 0 bridgehead atoms. The highest BCUT2D eigenvalue weighted by molar-refractivity contribution is 5.71. The number of esters is 3. The summed E-state index contributed by atoms with van der Waals surface area (Å²) >= 11 is 0. The minimum absolute atomic E-state index is 0.0321. The van der Waals surface area contributed by atoms with Gasteiger partial charge in [0.1, 0.15) is 17.6 Å². The van der Waals surface area contributed by atoms with Crippen LogP contribution in [0.2, 0.25) is 0 Å². The van der Waals surface area contributed by atoms with Crippen LogP contribution in [0.3, 0.4) is 0 Å². The number of carbonyl (C=O) groups excluding carboxylic acids is 3. The van der Waals surface area contributed by atoms with Crippen molar-refractivity contribution in [1.82, 2.24) is 4.90 Å². The summed E-state index contributed by atoms with van der Waals surface area (Å²) in [7, 11) is 4.03. The van der Waals surface area contributed by atoms with Crippen LogP contribution >= 0.6 is 0 Å². The Hall–Kier alpha value is -2.15. The van der Waals surface area contributed by atoms with E-state index in [0.717, 1.165) is 127 Å². The van der Waals surface area contributed by atoms with E-state index in [1.807, 2.05) is 40.1 Å². The highest BCUT2D eigenvalue weighted by Gasteiger charge is 2.15. The molecule has 0 heterocycles. The first-order valence-corrected chi connectivity index (χ1v) is 19.8. The maximum Gasteiger partial charge on any atom is 0.310 e. The van der Waals surface area contributed by atoms with Crippen molar-refractivity contribution in [2.75, 3.05) is 20.6 Å². The standard InChI is InChI=1S/C41H75NO6/c1-7-9-11-15-21-28-36(3)46-39(43)32-25-19-13-17-23-30-38(48-41(45)34-27-35-42(5)6)31-24-18-14-20-26-33-40(44)47-37(4)29-22-16-12-10-8-2/h28-29,38H,7-27,30-35H2,1-6H3/b36-28-,37-29-. The van der Waals surface area contributed by atoms with Crippen molar-refractivity contribution in [1.29, 1.82) is 0 Å². The molecular formula is C41H75NO6. The highest BCUT2D eigenvalue weighted by atomic mass is 16.5. The molecule has 0 aliphatic rings. The highest BCUT2D eigenvalue weighted by Crippen LogP contribution is 2.18. The summed E-state index contributed by atoms with van der Waals surface area (Å²) in [4.78, 5) is 38.9. The monoisotopic (exact) mass is 678 g/mol. The van der Waals surface area contributed by atoms with Gasteiger partial charge in [0.2, 0.25) is 0 Å². The molecule has 0 aromatic carbocycles. The molecule has 0 saturated carbocycles. The molecule has 0 radical (unpaired) electrons. The van der Waals surface area contributed by atoms with E-state index >= 15 is 0 Å². The summed E-state index contributed by atoms with van der Waals surface area (Å²) in [5, 5.41) is 0. The molecule has 48 heavy (non-hydrogen) atoms. The van der Waals surface area contributed by atoms with E-state index in [4.69, 9.17) is 14.2 Å². The number of hydrogen-bond donors (Lipinski definition) is 0. The minimum atomic E-state index is -0.130. The van der Waals surface area contributed by atoms with Gasteiger partial charge in [-0.05, 0) is 117 Å². The van der Waals surface area contributed by atoms with E-state index in [1.54, 1.807) is 0 Å². The van der Waals surface area contributed by atoms with Gasteiger partial charge in [0.05, 0.1) is 0 Å². The van der Waals surface area contributed by atoms with E-state index in [0.29, 0.717) is 19.3 Å². The van der Waals surface area contributed by atoms with Gasteiger partial charge in [0.15, 0.2) is 0 Å². The zero-order valence-corrected chi connectivity index (χ0v) is 32.2. The lowest BCUT2D eigenvalue weighted by atomic mass is 10.0. The van der Waals surface area contributed by atoms with Gasteiger partial charge in [0, 0.05) is 19.3 Å². The molecule has 7 nitrogen and oxygen atoms in total. The molecule has 0 aromatic heterocycles. The molecule has 0 fully saturated rings. The van der Waals surface area contributed by atoms with Crippen molar-refractivity contribution in [3.05, 3.63) is 23.7 Å². The topological polar surface area (TPSA) is 82.1 Å². The van der Waals surface area contributed by atoms with Crippen LogP contribution < -0.4 is 0 Å². The second kappa shape index (κ2) is 33.4. The van der Waals surface area contributed by atoms with Crippen molar-refractivity contribution in [3.63, 3.8) is 0 Å². The third-order valence-electron chi connectivity index (χ3n) is 8.63. The van der Waals surface area contributed by atoms with Gasteiger partial charge in [-0.1, -0.05) is 90.9 Å². The Kier molecular flexibility index (Phi) is 31.9. The molecule has 0 amide bonds. The zero-order chi connectivity index (χ0) is 35.7. The van der Waals surface area contributed by atoms with E-state index in [-0.39, 0.29) is 24.0 Å². The fourth-order valence-corrected chi connectivity index (χ4v) is 5.69. The third-order valence-corrected chi connectivity index (χ3v) is 8.63. The van der Waals surface area contributed by atoms with Crippen LogP contribution in [-0.2, 0) is 28.6 Å². The van der Waals surface area contributed by atoms with E-state index in [2.05, 4.69) is 18.7 Å². The predicted octanol–water partition coefficient (Wildman–Crippen LogP) is 11.5. The predicted molar refractivity (Wildman–Crippen MR) is 200 cm³/mol. The molecular weight excluding hydrogens is 602 g/mol. The van der Waals surface area contributed by atoms with Crippen molar-refractivity contribution >= 4 is 17.9 Å². The number of unbranched alkanes of at least 4 members (excludes halogenated alkanes) is 16. The van der Waals surface area contributed by atoms with E-state index in [9.17, 15) is 14.4 Å². The van der Waals surface area contributed by atoms with E-state index in [1.165, 1.54) is 38.5 Å². The van der Waals surface area contributed by atoms with Crippen LogP contribution in [0.4, 0.5) is 0 Å². The number of ether oxygens (including phenoxy) is 3. The van der Waals surface area contributed by atoms with Gasteiger partial charge in [-0.25, -0.2) is 0 Å². The number of hydrogen-bond acceptors (Lipinski definition) is 7. The molecule has 0 spiro atoms. The van der Waals surface area contributed by atoms with Gasteiger partial charge in [0.25, 0.3) is 0 Å². The molecule has 0 aromatic rings. The summed E-state index contributed by atoms with van der Waals surface area (Å²) in [5.41, 5.74) is 0. The quantitative estimate of drug-likeness (QED) is 0.0296. The number of rotatable bonds is 33. The van der Waals surface area contributed by atoms with Crippen LogP contribution in [0.1, 0.15) is 195 Å². The van der Waals surface area contributed by atoms with Gasteiger partial charge < -0.3 is 19.1 Å². The number of carbonyl (C=O) groups is 3. The lowest BCUT2D eigenvalue weighted by Gasteiger charge is -2.18. The van der Waals surface area contributed by atoms with Crippen molar-refractivity contribution in [3.8, 4) is 0 Å². The summed E-state index contributed by atoms with van der Waals surface area (Å²) in [6, 6.07) is 0. The Morgan fingerprint density at radius 2 is 0.917 bits per heavy atom. The Morgan fingerprint density at radius 3 is 1.35 bits per heavy atom. The first-order chi connectivity index (χ1) is 23.2. The zero-order valence-electron chi connectivity index (χ0n) is 32.2. The van der Waals surface area contributed by atoms with Crippen molar-refractivity contribution < 1.29 is 28.6 Å². The van der Waals surface area contributed by atoms with Gasteiger partial charge in [-0.3, -0.25) is 14.4 Å². The molecule has 0 atom stereocenters. The molecule has 0 rings (SSSR count). The Labute approximate surface area is 296 Å². The molecule has 0 N–H and O–H groups in total. The normalized spacial score (nSPS) is 12.7. The first kappa shape index (κ1) is 45.9. The molecule has 0 aliphatic heterocycles. The molecule has 0 saturated heterocycles. The summed E-state index contributed by atoms with van der Waals surface area (Å²) in [6.07, 6.45) is 29.7. The fourth-order valence-electron chi connectivity index (χ4n) is 5.69. The second-order valence-electron chi connectivity index (χ2n) is 13.9.